The summed E-state index contributed by atoms with van der Waals surface area (Å²) < 4.78 is 19.4. The molecule has 1 saturated heterocycles. The Morgan fingerprint density at radius 3 is 2.58 bits per heavy atom. The van der Waals surface area contributed by atoms with Crippen molar-refractivity contribution in [2.45, 2.75) is 37.7 Å². The molecule has 4 atom stereocenters. The summed E-state index contributed by atoms with van der Waals surface area (Å²) in [5.41, 5.74) is 4.69. The number of nitrogens with zero attached hydrogens (tertiary/aromatic N) is 2. The standard InChI is InChI=1S/C25H28BClFN5O10/c1-10-9-32(7-6-29)22(37)23(38)33(10)25(41)31-18(12-3-5-14(34)19(35)17(12)27)21(36)30-15-8-11-2-4-13(28)16(24(39)40)20(11)43-26(15)42/h2-5,10,15,18,25,31,34-35,41-42H,6-9,29H2,1H3,(H,30,36)(H,39,40)/t10-,15-,18+,25?/m0/s1. The molecule has 4 rings (SSSR count). The minimum absolute atomic E-state index is 0.0298. The number of amides is 3. The molecule has 1 unspecified atom stereocenters. The summed E-state index contributed by atoms with van der Waals surface area (Å²) in [7, 11) is -1.85. The highest BCUT2D eigenvalue weighted by molar-refractivity contribution is 6.47. The van der Waals surface area contributed by atoms with Crippen LogP contribution >= 0.6 is 11.6 Å². The van der Waals surface area contributed by atoms with Crippen molar-refractivity contribution in [2.75, 3.05) is 19.6 Å². The molecule has 0 saturated carbocycles. The number of rotatable bonds is 9. The number of aromatic hydroxyl groups is 2. The maximum atomic E-state index is 14.1. The number of carboxylic acids is 1. The Balaban J connectivity index is 1.63. The molecule has 230 valence electrons. The average molecular weight is 624 g/mol. The minimum atomic E-state index is -1.96. The van der Waals surface area contributed by atoms with Crippen LogP contribution in [-0.2, 0) is 20.8 Å². The number of carbonyl (C=O) groups excluding carboxylic acids is 3. The molecule has 9 N–H and O–H groups in total. The summed E-state index contributed by atoms with van der Waals surface area (Å²) in [5, 5.41) is 55.5. The highest BCUT2D eigenvalue weighted by atomic mass is 35.5. The van der Waals surface area contributed by atoms with Crippen molar-refractivity contribution in [2.24, 2.45) is 5.73 Å². The van der Waals surface area contributed by atoms with Gasteiger partial charge in [-0.2, -0.15) is 0 Å². The molecule has 0 radical (unpaired) electrons. The first-order chi connectivity index (χ1) is 20.3. The molecule has 2 heterocycles. The largest absolute Gasteiger partial charge is 0.547 e. The second-order valence-corrected chi connectivity index (χ2v) is 10.3. The number of carbonyl (C=O) groups is 4. The van der Waals surface area contributed by atoms with Crippen molar-refractivity contribution >= 4 is 42.4 Å². The van der Waals surface area contributed by atoms with E-state index in [4.69, 9.17) is 22.0 Å². The van der Waals surface area contributed by atoms with E-state index < -0.39 is 88.8 Å². The van der Waals surface area contributed by atoms with Crippen molar-refractivity contribution in [3.8, 4) is 17.2 Å². The third-order valence-electron chi connectivity index (χ3n) is 7.09. The van der Waals surface area contributed by atoms with Crippen LogP contribution in [0.5, 0.6) is 17.2 Å². The topological polar surface area (TPSA) is 235 Å². The minimum Gasteiger partial charge on any atom is -0.534 e. The van der Waals surface area contributed by atoms with Gasteiger partial charge in [-0.15, -0.1) is 0 Å². The highest BCUT2D eigenvalue weighted by Crippen LogP contribution is 2.39. The van der Waals surface area contributed by atoms with Crippen LogP contribution in [0.3, 0.4) is 0 Å². The van der Waals surface area contributed by atoms with Gasteiger partial charge in [-0.05, 0) is 31.0 Å². The van der Waals surface area contributed by atoms with Gasteiger partial charge in [0.05, 0.1) is 17.0 Å². The number of piperazine rings is 1. The van der Waals surface area contributed by atoms with Crippen molar-refractivity contribution in [1.82, 2.24) is 20.4 Å². The van der Waals surface area contributed by atoms with Gasteiger partial charge in [-0.25, -0.2) is 9.18 Å². The molecule has 0 spiro atoms. The molecule has 18 heteroatoms. The quantitative estimate of drug-likeness (QED) is 0.0701. The van der Waals surface area contributed by atoms with E-state index in [9.17, 15) is 49.0 Å². The molecular formula is C25H28BClFN5O10. The van der Waals surface area contributed by atoms with Crippen LogP contribution < -0.4 is 21.0 Å². The third kappa shape index (κ3) is 6.16. The van der Waals surface area contributed by atoms with Gasteiger partial charge in [0, 0.05) is 25.2 Å². The van der Waals surface area contributed by atoms with E-state index in [0.29, 0.717) is 0 Å². The molecule has 0 bridgehead atoms. The Hall–Kier alpha value is -4.16. The van der Waals surface area contributed by atoms with E-state index >= 15 is 0 Å². The van der Waals surface area contributed by atoms with Crippen molar-refractivity contribution < 1.29 is 53.7 Å². The lowest BCUT2D eigenvalue weighted by atomic mass is 9.72. The first kappa shape index (κ1) is 31.8. The zero-order valence-corrected chi connectivity index (χ0v) is 23.3. The average Bonchev–Trinajstić information content (AvgIpc) is 2.94. The maximum absolute atomic E-state index is 14.1. The summed E-state index contributed by atoms with van der Waals surface area (Å²) in [6.07, 6.45) is -2.16. The van der Waals surface area contributed by atoms with Gasteiger partial charge >= 0.3 is 24.9 Å². The van der Waals surface area contributed by atoms with E-state index in [0.717, 1.165) is 23.1 Å². The number of hydrogen-bond donors (Lipinski definition) is 8. The maximum Gasteiger partial charge on any atom is 0.547 e. The number of hydrogen-bond acceptors (Lipinski definition) is 11. The molecule has 43 heavy (non-hydrogen) atoms. The summed E-state index contributed by atoms with van der Waals surface area (Å²) in [4.78, 5) is 52.6. The van der Waals surface area contributed by atoms with E-state index in [1.54, 1.807) is 6.92 Å². The fourth-order valence-electron chi connectivity index (χ4n) is 4.99. The van der Waals surface area contributed by atoms with Gasteiger partial charge in [0.2, 0.25) is 5.91 Å². The molecule has 2 aliphatic heterocycles. The summed E-state index contributed by atoms with van der Waals surface area (Å²) in [5.74, 6) is -8.77. The summed E-state index contributed by atoms with van der Waals surface area (Å²) in [6.45, 7) is 1.79. The Labute approximate surface area is 248 Å². The number of nitrogens with two attached hydrogens (primary N) is 1. The van der Waals surface area contributed by atoms with Gasteiger partial charge in [-0.3, -0.25) is 24.6 Å². The molecule has 0 aliphatic carbocycles. The highest BCUT2D eigenvalue weighted by Gasteiger charge is 2.43. The molecule has 2 aromatic rings. The number of benzene rings is 2. The Morgan fingerprint density at radius 2 is 1.93 bits per heavy atom. The summed E-state index contributed by atoms with van der Waals surface area (Å²) >= 11 is 6.21. The van der Waals surface area contributed by atoms with Gasteiger partial charge in [0.25, 0.3) is 0 Å². The second kappa shape index (κ2) is 12.6. The lowest BCUT2D eigenvalue weighted by Crippen LogP contribution is -2.65. The van der Waals surface area contributed by atoms with Gasteiger partial charge in [0.15, 0.2) is 17.9 Å². The van der Waals surface area contributed by atoms with Crippen LogP contribution in [0, 0.1) is 5.82 Å². The van der Waals surface area contributed by atoms with E-state index in [-0.39, 0.29) is 37.2 Å². The molecule has 2 aromatic carbocycles. The number of phenols is 2. The first-order valence-corrected chi connectivity index (χ1v) is 13.3. The van der Waals surface area contributed by atoms with Crippen molar-refractivity contribution in [3.63, 3.8) is 0 Å². The SMILES string of the molecule is C[C@H]1CN(CCN)C(=O)C(=O)N1C(O)N[C@@H](C(=O)N[C@H]1Cc2ccc(F)c(C(=O)O)c2OB1O)c1ccc(O)c(O)c1Cl. The lowest BCUT2D eigenvalue weighted by Gasteiger charge is -2.42. The third-order valence-corrected chi connectivity index (χ3v) is 7.49. The predicted molar refractivity (Wildman–Crippen MR) is 146 cm³/mol. The first-order valence-electron chi connectivity index (χ1n) is 12.9. The number of aliphatic hydroxyl groups excluding tert-OH is 1. The number of aliphatic hydroxyl groups is 1. The van der Waals surface area contributed by atoms with E-state index in [2.05, 4.69) is 10.6 Å². The second-order valence-electron chi connectivity index (χ2n) is 9.95. The Morgan fingerprint density at radius 1 is 1.23 bits per heavy atom. The molecule has 3 amide bonds. The Kier molecular flexibility index (Phi) is 9.31. The monoisotopic (exact) mass is 623 g/mol. The molecular weight excluding hydrogens is 596 g/mol. The summed E-state index contributed by atoms with van der Waals surface area (Å²) in [6, 6.07) is 1.88. The van der Waals surface area contributed by atoms with E-state index in [1.807, 2.05) is 0 Å². The molecule has 1 fully saturated rings. The predicted octanol–water partition coefficient (Wildman–Crippen LogP) is -1.35. The lowest BCUT2D eigenvalue weighted by molar-refractivity contribution is -0.170. The van der Waals surface area contributed by atoms with Crippen LogP contribution in [0.15, 0.2) is 24.3 Å². The van der Waals surface area contributed by atoms with Gasteiger partial charge in [0.1, 0.15) is 23.2 Å². The fourth-order valence-corrected chi connectivity index (χ4v) is 5.26. The number of fused-ring (bicyclic) bond motifs is 1. The smallest absolute Gasteiger partial charge is 0.534 e. The van der Waals surface area contributed by atoms with Crippen LogP contribution in [0.1, 0.15) is 34.5 Å². The van der Waals surface area contributed by atoms with Crippen molar-refractivity contribution in [3.05, 3.63) is 51.8 Å². The fraction of sp³-hybridized carbons (Fsp3) is 0.360. The molecule has 2 aliphatic rings. The van der Waals surface area contributed by atoms with Crippen LogP contribution in [0.2, 0.25) is 5.02 Å². The van der Waals surface area contributed by atoms with Crippen LogP contribution in [-0.4, -0.2) is 104 Å². The molecule has 15 nitrogen and oxygen atoms in total. The number of aromatic carboxylic acids is 1. The number of nitrogens with one attached hydrogen (secondary N) is 2. The zero-order valence-electron chi connectivity index (χ0n) is 22.5. The van der Waals surface area contributed by atoms with Gasteiger partial charge in [-0.1, -0.05) is 23.7 Å². The number of carboxylic acid groups (broad SMARTS) is 1. The molecule has 0 aromatic heterocycles. The normalized spacial score (nSPS) is 19.9. The van der Waals surface area contributed by atoms with Crippen LogP contribution in [0.25, 0.3) is 0 Å². The van der Waals surface area contributed by atoms with Crippen LogP contribution in [0.4, 0.5) is 4.39 Å². The number of halogens is 2. The zero-order chi connectivity index (χ0) is 31.7. The Bertz CT molecular complexity index is 1470. The van der Waals surface area contributed by atoms with Gasteiger partial charge < -0.3 is 46.1 Å². The van der Waals surface area contributed by atoms with E-state index in [1.165, 1.54) is 11.0 Å². The number of phenolic OH excluding ortho intramolecular Hbond substituents is 2. The van der Waals surface area contributed by atoms with Crippen molar-refractivity contribution in [1.29, 1.82) is 0 Å².